The van der Waals surface area contributed by atoms with E-state index in [1.807, 2.05) is 6.08 Å². The molecule has 1 unspecified atom stereocenters. The van der Waals surface area contributed by atoms with E-state index in [4.69, 9.17) is 0 Å². The summed E-state index contributed by atoms with van der Waals surface area (Å²) in [6.07, 6.45) is 6.68. The number of benzene rings is 1. The smallest absolute Gasteiger partial charge is 0.0150 e. The predicted octanol–water partition coefficient (Wildman–Crippen LogP) is 3.10. The van der Waals surface area contributed by atoms with Crippen molar-refractivity contribution in [1.82, 2.24) is 5.32 Å². The lowest BCUT2D eigenvalue weighted by Crippen LogP contribution is -2.36. The molecule has 2 rings (SSSR count). The van der Waals surface area contributed by atoms with Crippen molar-refractivity contribution >= 4 is 0 Å². The zero-order valence-electron chi connectivity index (χ0n) is 10.1. The molecule has 1 aliphatic carbocycles. The maximum atomic E-state index is 3.77. The van der Waals surface area contributed by atoms with E-state index >= 15 is 0 Å². The van der Waals surface area contributed by atoms with Gasteiger partial charge in [-0.15, -0.1) is 6.58 Å². The molecular formula is C15H21N. The van der Waals surface area contributed by atoms with Crippen LogP contribution in [-0.4, -0.2) is 12.1 Å². The third kappa shape index (κ3) is 2.73. The van der Waals surface area contributed by atoms with Crippen LogP contribution in [0.5, 0.6) is 0 Å². The van der Waals surface area contributed by atoms with Gasteiger partial charge in [-0.05, 0) is 43.7 Å². The van der Waals surface area contributed by atoms with Crippen LogP contribution in [-0.2, 0) is 12.8 Å². The van der Waals surface area contributed by atoms with Gasteiger partial charge in [0.25, 0.3) is 0 Å². The van der Waals surface area contributed by atoms with E-state index in [2.05, 4.69) is 43.1 Å². The molecule has 0 fully saturated rings. The Hall–Kier alpha value is -1.08. The Bertz CT molecular complexity index is 331. The molecule has 0 aliphatic heterocycles. The van der Waals surface area contributed by atoms with E-state index in [1.165, 1.54) is 30.4 Å². The summed E-state index contributed by atoms with van der Waals surface area (Å²) in [7, 11) is 0. The molecule has 1 aromatic rings. The predicted molar refractivity (Wildman–Crippen MR) is 69.7 cm³/mol. The molecule has 1 N–H and O–H groups in total. The van der Waals surface area contributed by atoms with Crippen LogP contribution in [0.4, 0.5) is 0 Å². The van der Waals surface area contributed by atoms with Crippen molar-refractivity contribution in [1.29, 1.82) is 0 Å². The second-order valence-electron chi connectivity index (χ2n) is 4.81. The molecule has 1 atom stereocenters. The molecule has 0 aromatic heterocycles. The van der Waals surface area contributed by atoms with Crippen molar-refractivity contribution in [3.8, 4) is 0 Å². The summed E-state index contributed by atoms with van der Waals surface area (Å²) in [4.78, 5) is 0. The summed E-state index contributed by atoms with van der Waals surface area (Å²) in [5.74, 6) is 0. The average molecular weight is 215 g/mol. The Labute approximate surface area is 98.6 Å². The number of allylic oxidation sites excluding steroid dienone is 1. The van der Waals surface area contributed by atoms with Gasteiger partial charge in [-0.1, -0.05) is 30.3 Å². The van der Waals surface area contributed by atoms with Gasteiger partial charge in [0.05, 0.1) is 0 Å². The number of rotatable bonds is 5. The monoisotopic (exact) mass is 215 g/mol. The summed E-state index contributed by atoms with van der Waals surface area (Å²) in [5, 5.41) is 3.71. The zero-order chi connectivity index (χ0) is 11.4. The van der Waals surface area contributed by atoms with Gasteiger partial charge in [0.15, 0.2) is 0 Å². The second-order valence-corrected chi connectivity index (χ2v) is 4.81. The Kier molecular flexibility index (Phi) is 3.79. The SMILES string of the molecule is C=CCCC(C)NC1Cc2ccccc2C1. The first-order valence-electron chi connectivity index (χ1n) is 6.23. The third-order valence-electron chi connectivity index (χ3n) is 3.38. The first kappa shape index (κ1) is 11.4. The van der Waals surface area contributed by atoms with E-state index in [1.54, 1.807) is 0 Å². The fraction of sp³-hybridized carbons (Fsp3) is 0.467. The van der Waals surface area contributed by atoms with Crippen molar-refractivity contribution in [3.63, 3.8) is 0 Å². The van der Waals surface area contributed by atoms with E-state index in [9.17, 15) is 0 Å². The summed E-state index contributed by atoms with van der Waals surface area (Å²) in [6.45, 7) is 6.04. The van der Waals surface area contributed by atoms with Crippen LogP contribution in [0.25, 0.3) is 0 Å². The number of nitrogens with one attached hydrogen (secondary N) is 1. The average Bonchev–Trinajstić information content (AvgIpc) is 2.68. The van der Waals surface area contributed by atoms with Crippen LogP contribution in [0.15, 0.2) is 36.9 Å². The summed E-state index contributed by atoms with van der Waals surface area (Å²) >= 11 is 0. The minimum atomic E-state index is 0.595. The Morgan fingerprint density at radius 2 is 2.00 bits per heavy atom. The molecular weight excluding hydrogens is 194 g/mol. The number of fused-ring (bicyclic) bond motifs is 1. The molecule has 0 radical (unpaired) electrons. The summed E-state index contributed by atoms with van der Waals surface area (Å²) < 4.78 is 0. The van der Waals surface area contributed by atoms with E-state index in [0.717, 1.165) is 6.42 Å². The van der Waals surface area contributed by atoms with Gasteiger partial charge in [-0.3, -0.25) is 0 Å². The molecule has 0 spiro atoms. The van der Waals surface area contributed by atoms with Crippen LogP contribution in [0.2, 0.25) is 0 Å². The van der Waals surface area contributed by atoms with Gasteiger partial charge < -0.3 is 5.32 Å². The van der Waals surface area contributed by atoms with Crippen molar-refractivity contribution in [2.24, 2.45) is 0 Å². The van der Waals surface area contributed by atoms with Crippen LogP contribution < -0.4 is 5.32 Å². The lowest BCUT2D eigenvalue weighted by atomic mass is 10.1. The van der Waals surface area contributed by atoms with Gasteiger partial charge >= 0.3 is 0 Å². The fourth-order valence-electron chi connectivity index (χ4n) is 2.53. The maximum Gasteiger partial charge on any atom is 0.0150 e. The molecule has 1 nitrogen and oxygen atoms in total. The van der Waals surface area contributed by atoms with Crippen molar-refractivity contribution in [2.45, 2.75) is 44.7 Å². The minimum absolute atomic E-state index is 0.595. The molecule has 0 saturated heterocycles. The lowest BCUT2D eigenvalue weighted by Gasteiger charge is -2.18. The largest absolute Gasteiger partial charge is 0.311 e. The Morgan fingerprint density at radius 1 is 1.38 bits per heavy atom. The fourth-order valence-corrected chi connectivity index (χ4v) is 2.53. The lowest BCUT2D eigenvalue weighted by molar-refractivity contribution is 0.438. The number of hydrogen-bond acceptors (Lipinski definition) is 1. The molecule has 1 heteroatoms. The molecule has 16 heavy (non-hydrogen) atoms. The minimum Gasteiger partial charge on any atom is -0.311 e. The first-order chi connectivity index (χ1) is 7.79. The molecule has 0 amide bonds. The van der Waals surface area contributed by atoms with Gasteiger partial charge in [0, 0.05) is 12.1 Å². The Morgan fingerprint density at radius 3 is 2.56 bits per heavy atom. The van der Waals surface area contributed by atoms with Crippen LogP contribution in [0, 0.1) is 0 Å². The molecule has 0 heterocycles. The zero-order valence-corrected chi connectivity index (χ0v) is 10.1. The molecule has 1 aliphatic rings. The maximum absolute atomic E-state index is 3.77. The van der Waals surface area contributed by atoms with E-state index in [0.29, 0.717) is 12.1 Å². The topological polar surface area (TPSA) is 12.0 Å². The van der Waals surface area contributed by atoms with Crippen molar-refractivity contribution in [3.05, 3.63) is 48.0 Å². The molecule has 0 bridgehead atoms. The van der Waals surface area contributed by atoms with Gasteiger partial charge in [0.1, 0.15) is 0 Å². The number of hydrogen-bond donors (Lipinski definition) is 1. The standard InChI is InChI=1S/C15H21N/c1-3-4-7-12(2)16-15-10-13-8-5-6-9-14(13)11-15/h3,5-6,8-9,12,15-16H,1,4,7,10-11H2,2H3. The van der Waals surface area contributed by atoms with Gasteiger partial charge in [0.2, 0.25) is 0 Å². The summed E-state index contributed by atoms with van der Waals surface area (Å²) in [5.41, 5.74) is 3.05. The van der Waals surface area contributed by atoms with Crippen LogP contribution in [0.1, 0.15) is 30.9 Å². The van der Waals surface area contributed by atoms with E-state index in [-0.39, 0.29) is 0 Å². The highest BCUT2D eigenvalue weighted by Gasteiger charge is 2.21. The summed E-state index contributed by atoms with van der Waals surface area (Å²) in [6, 6.07) is 10.0. The first-order valence-corrected chi connectivity index (χ1v) is 6.23. The third-order valence-corrected chi connectivity index (χ3v) is 3.38. The quantitative estimate of drug-likeness (QED) is 0.744. The normalized spacial score (nSPS) is 17.1. The molecule has 0 saturated carbocycles. The van der Waals surface area contributed by atoms with Crippen LogP contribution in [0.3, 0.4) is 0 Å². The molecule has 1 aromatic carbocycles. The van der Waals surface area contributed by atoms with E-state index < -0.39 is 0 Å². The Balaban J connectivity index is 1.85. The van der Waals surface area contributed by atoms with Crippen molar-refractivity contribution in [2.75, 3.05) is 0 Å². The van der Waals surface area contributed by atoms with Crippen molar-refractivity contribution < 1.29 is 0 Å². The van der Waals surface area contributed by atoms with Crippen LogP contribution >= 0.6 is 0 Å². The molecule has 86 valence electrons. The highest BCUT2D eigenvalue weighted by Crippen LogP contribution is 2.22. The van der Waals surface area contributed by atoms with Gasteiger partial charge in [-0.2, -0.15) is 0 Å². The highest BCUT2D eigenvalue weighted by atomic mass is 14.9. The second kappa shape index (κ2) is 5.31. The van der Waals surface area contributed by atoms with Gasteiger partial charge in [-0.25, -0.2) is 0 Å². The highest BCUT2D eigenvalue weighted by molar-refractivity contribution is 5.33.